The zero-order valence-corrected chi connectivity index (χ0v) is 19.5. The number of hydrogen-bond acceptors (Lipinski definition) is 7. The molecule has 0 bridgehead atoms. The summed E-state index contributed by atoms with van der Waals surface area (Å²) in [4.78, 5) is 26.5. The maximum Gasteiger partial charge on any atom is 0.231 e. The molecule has 8 nitrogen and oxygen atoms in total. The van der Waals surface area contributed by atoms with Crippen LogP contribution in [0.25, 0.3) is 11.4 Å². The van der Waals surface area contributed by atoms with Crippen LogP contribution >= 0.6 is 11.8 Å². The molecule has 0 radical (unpaired) electrons. The van der Waals surface area contributed by atoms with Crippen LogP contribution in [0.1, 0.15) is 20.8 Å². The van der Waals surface area contributed by atoms with E-state index in [1.54, 1.807) is 12.1 Å². The number of ether oxygens (including phenoxy) is 1. The fourth-order valence-electron chi connectivity index (χ4n) is 3.56. The molecule has 3 rings (SSSR count). The lowest BCUT2D eigenvalue weighted by atomic mass is 10.0. The van der Waals surface area contributed by atoms with Crippen molar-refractivity contribution in [2.24, 2.45) is 5.92 Å². The molecule has 1 N–H and O–H groups in total. The Bertz CT molecular complexity index is 913. The predicted octanol–water partition coefficient (Wildman–Crippen LogP) is 2.24. The van der Waals surface area contributed by atoms with Gasteiger partial charge >= 0.3 is 0 Å². The number of aromatic nitrogens is 3. The van der Waals surface area contributed by atoms with Gasteiger partial charge < -0.3 is 14.6 Å². The third-order valence-corrected chi connectivity index (χ3v) is 6.28. The molecule has 0 aliphatic carbocycles. The molecule has 1 fully saturated rings. The average molecular weight is 464 g/mol. The number of halogens is 1. The minimum atomic E-state index is -0.503. The molecule has 1 aliphatic heterocycles. The van der Waals surface area contributed by atoms with Crippen LogP contribution in [0, 0.1) is 11.7 Å². The minimum absolute atomic E-state index is 0.0173. The summed E-state index contributed by atoms with van der Waals surface area (Å²) in [6.07, 6.45) is 0. The second-order valence-corrected chi connectivity index (χ2v) is 9.05. The fraction of sp³-hybridized carbons (Fsp3) is 0.545. The average Bonchev–Trinajstić information content (AvgIpc) is 3.18. The molecule has 1 unspecified atom stereocenters. The van der Waals surface area contributed by atoms with Gasteiger partial charge in [0, 0.05) is 31.7 Å². The van der Waals surface area contributed by atoms with Crippen LogP contribution in [-0.2, 0) is 20.9 Å². The summed E-state index contributed by atoms with van der Waals surface area (Å²) in [5, 5.41) is 12.0. The molecule has 1 aromatic carbocycles. The molecular formula is C22H30FN5O3S. The van der Waals surface area contributed by atoms with Gasteiger partial charge in [-0.1, -0.05) is 25.6 Å². The Morgan fingerprint density at radius 1 is 1.16 bits per heavy atom. The number of hydrogen-bond donors (Lipinski definition) is 1. The number of nitrogens with zero attached hydrogens (tertiary/aromatic N) is 4. The molecule has 32 heavy (non-hydrogen) atoms. The molecular weight excluding hydrogens is 433 g/mol. The standard InChI is InChI=1S/C22H30FN5O3S/c1-15(2)20(16(3)29)24-19(30)14-32-22-26-25-21(17-4-6-18(23)7-5-17)28(22)9-8-27-10-12-31-13-11-27/h4-7,15,20H,8-14H2,1-3H3,(H,24,30). The Balaban J connectivity index is 1.73. The third kappa shape index (κ3) is 6.60. The number of benzene rings is 1. The van der Waals surface area contributed by atoms with Gasteiger partial charge in [-0.25, -0.2) is 4.39 Å². The van der Waals surface area contributed by atoms with Crippen LogP contribution in [0.15, 0.2) is 29.4 Å². The smallest absolute Gasteiger partial charge is 0.231 e. The van der Waals surface area contributed by atoms with E-state index in [-0.39, 0.29) is 29.2 Å². The molecule has 2 heterocycles. The van der Waals surface area contributed by atoms with Gasteiger partial charge in [-0.05, 0) is 37.1 Å². The van der Waals surface area contributed by atoms with Crippen molar-refractivity contribution in [3.63, 3.8) is 0 Å². The lowest BCUT2D eigenvalue weighted by Crippen LogP contribution is -2.44. The van der Waals surface area contributed by atoms with E-state index in [4.69, 9.17) is 4.74 Å². The second kappa shape index (κ2) is 11.5. The van der Waals surface area contributed by atoms with Gasteiger partial charge in [0.15, 0.2) is 16.8 Å². The lowest BCUT2D eigenvalue weighted by Gasteiger charge is -2.27. The first-order chi connectivity index (χ1) is 15.3. The lowest BCUT2D eigenvalue weighted by molar-refractivity contribution is -0.126. The topological polar surface area (TPSA) is 89.3 Å². The van der Waals surface area contributed by atoms with E-state index in [0.29, 0.717) is 30.7 Å². The quantitative estimate of drug-likeness (QED) is 0.541. The number of carbonyl (C=O) groups is 2. The maximum atomic E-state index is 13.4. The van der Waals surface area contributed by atoms with E-state index in [2.05, 4.69) is 20.4 Å². The zero-order chi connectivity index (χ0) is 23.1. The summed E-state index contributed by atoms with van der Waals surface area (Å²) in [6, 6.07) is 5.63. The summed E-state index contributed by atoms with van der Waals surface area (Å²) in [5.74, 6) is 0.161. The summed E-state index contributed by atoms with van der Waals surface area (Å²) < 4.78 is 20.8. The summed E-state index contributed by atoms with van der Waals surface area (Å²) in [6.45, 7) is 9.84. The normalized spacial score (nSPS) is 15.7. The Morgan fingerprint density at radius 3 is 2.47 bits per heavy atom. The Labute approximate surface area is 191 Å². The summed E-state index contributed by atoms with van der Waals surface area (Å²) >= 11 is 1.27. The van der Waals surface area contributed by atoms with Gasteiger partial charge in [-0.15, -0.1) is 10.2 Å². The second-order valence-electron chi connectivity index (χ2n) is 8.11. The summed E-state index contributed by atoms with van der Waals surface area (Å²) in [5.41, 5.74) is 0.758. The van der Waals surface area contributed by atoms with Gasteiger partial charge in [0.25, 0.3) is 0 Å². The van der Waals surface area contributed by atoms with Crippen LogP contribution in [0.2, 0.25) is 0 Å². The van der Waals surface area contributed by atoms with Crippen LogP contribution in [0.5, 0.6) is 0 Å². The highest BCUT2D eigenvalue weighted by molar-refractivity contribution is 7.99. The summed E-state index contributed by atoms with van der Waals surface area (Å²) in [7, 11) is 0. The van der Waals surface area contributed by atoms with E-state index in [9.17, 15) is 14.0 Å². The van der Waals surface area contributed by atoms with Crippen molar-refractivity contribution in [2.45, 2.75) is 38.5 Å². The van der Waals surface area contributed by atoms with Gasteiger partial charge in [0.2, 0.25) is 5.91 Å². The molecule has 1 aromatic heterocycles. The number of thioether (sulfide) groups is 1. The molecule has 0 saturated carbocycles. The number of carbonyl (C=O) groups excluding carboxylic acids is 2. The van der Waals surface area contributed by atoms with Gasteiger partial charge in [-0.3, -0.25) is 14.5 Å². The first-order valence-electron chi connectivity index (χ1n) is 10.8. The van der Waals surface area contributed by atoms with E-state index >= 15 is 0 Å². The van der Waals surface area contributed by atoms with Crippen LogP contribution in [-0.4, -0.2) is 76.0 Å². The van der Waals surface area contributed by atoms with Crippen LogP contribution in [0.3, 0.4) is 0 Å². The third-order valence-electron chi connectivity index (χ3n) is 5.32. The molecule has 2 aromatic rings. The van der Waals surface area contributed by atoms with Gasteiger partial charge in [0.05, 0.1) is 25.0 Å². The predicted molar refractivity (Wildman–Crippen MR) is 121 cm³/mol. The number of Topliss-reactive ketones (excluding diaryl/α,β-unsaturated/α-hetero) is 1. The van der Waals surface area contributed by atoms with Crippen molar-refractivity contribution in [1.82, 2.24) is 25.0 Å². The monoisotopic (exact) mass is 463 g/mol. The minimum Gasteiger partial charge on any atom is -0.379 e. The number of morpholine rings is 1. The fourth-order valence-corrected chi connectivity index (χ4v) is 4.33. The molecule has 174 valence electrons. The van der Waals surface area contributed by atoms with E-state index in [0.717, 1.165) is 25.2 Å². The highest BCUT2D eigenvalue weighted by atomic mass is 32.2. The van der Waals surface area contributed by atoms with Gasteiger partial charge in [-0.2, -0.15) is 0 Å². The molecule has 0 spiro atoms. The Morgan fingerprint density at radius 2 is 1.84 bits per heavy atom. The first kappa shape index (κ1) is 24.3. The number of amides is 1. The highest BCUT2D eigenvalue weighted by Crippen LogP contribution is 2.24. The van der Waals surface area contributed by atoms with E-state index in [1.807, 2.05) is 18.4 Å². The Hall–Kier alpha value is -2.30. The molecule has 1 aliphatic rings. The van der Waals surface area contributed by atoms with Crippen LogP contribution < -0.4 is 5.32 Å². The van der Waals surface area contributed by atoms with Crippen molar-refractivity contribution in [3.05, 3.63) is 30.1 Å². The van der Waals surface area contributed by atoms with Crippen molar-refractivity contribution in [2.75, 3.05) is 38.6 Å². The molecule has 10 heteroatoms. The molecule has 1 amide bonds. The molecule has 1 atom stereocenters. The molecule has 1 saturated heterocycles. The zero-order valence-electron chi connectivity index (χ0n) is 18.7. The van der Waals surface area contributed by atoms with Crippen molar-refractivity contribution in [1.29, 1.82) is 0 Å². The Kier molecular flexibility index (Phi) is 8.77. The maximum absolute atomic E-state index is 13.4. The van der Waals surface area contributed by atoms with Crippen LogP contribution in [0.4, 0.5) is 4.39 Å². The highest BCUT2D eigenvalue weighted by Gasteiger charge is 2.22. The SMILES string of the molecule is CC(=O)C(NC(=O)CSc1nnc(-c2ccc(F)cc2)n1CCN1CCOCC1)C(C)C. The van der Waals surface area contributed by atoms with E-state index < -0.39 is 6.04 Å². The first-order valence-corrected chi connectivity index (χ1v) is 11.8. The van der Waals surface area contributed by atoms with Crippen molar-refractivity contribution in [3.8, 4) is 11.4 Å². The van der Waals surface area contributed by atoms with Crippen molar-refractivity contribution >= 4 is 23.5 Å². The van der Waals surface area contributed by atoms with E-state index in [1.165, 1.54) is 30.8 Å². The van der Waals surface area contributed by atoms with Crippen molar-refractivity contribution < 1.29 is 18.7 Å². The van der Waals surface area contributed by atoms with Gasteiger partial charge in [0.1, 0.15) is 5.82 Å². The number of nitrogens with one attached hydrogen (secondary N) is 1. The number of rotatable bonds is 10. The number of ketones is 1. The largest absolute Gasteiger partial charge is 0.379 e.